The molecule has 9 nitrogen and oxygen atoms in total. The van der Waals surface area contributed by atoms with E-state index in [1.54, 1.807) is 0 Å². The Morgan fingerprint density at radius 2 is 1.76 bits per heavy atom. The average molecular weight is 593 g/mol. The largest absolute Gasteiger partial charge is 0.497 e. The van der Waals surface area contributed by atoms with Crippen molar-refractivity contribution < 1.29 is 45.8 Å². The molecule has 5 rings (SSSR count). The van der Waals surface area contributed by atoms with Crippen LogP contribution in [0.25, 0.3) is 0 Å². The second-order valence-electron chi connectivity index (χ2n) is 9.62. The Labute approximate surface area is 236 Å². The number of carbonyl (C=O) groups excluding carboxylic acids is 2. The van der Waals surface area contributed by atoms with E-state index in [9.17, 15) is 18.4 Å². The Morgan fingerprint density at radius 3 is 2.38 bits per heavy atom. The summed E-state index contributed by atoms with van der Waals surface area (Å²) >= 11 is 0. The number of pyridine rings is 1. The van der Waals surface area contributed by atoms with Gasteiger partial charge in [0.1, 0.15) is 35.0 Å². The molecule has 3 atom stereocenters. The monoisotopic (exact) mass is 592 g/mol. The predicted molar refractivity (Wildman–Crippen MR) is 139 cm³/mol. The maximum absolute atomic E-state index is 15.2. The molecule has 2 saturated heterocycles. The third-order valence-electron chi connectivity index (χ3n) is 6.97. The second-order valence-corrected chi connectivity index (χ2v) is 9.62. The van der Waals surface area contributed by atoms with Crippen LogP contribution in [-0.4, -0.2) is 62.4 Å². The van der Waals surface area contributed by atoms with Gasteiger partial charge in [-0.25, -0.2) is 18.2 Å². The predicted octanol–water partition coefficient (Wildman–Crippen LogP) is 4.24. The first-order valence-corrected chi connectivity index (χ1v) is 12.9. The molecule has 2 N–H and O–H groups in total. The number of halogens is 5. The highest BCUT2D eigenvalue weighted by Crippen LogP contribution is 2.37. The third kappa shape index (κ3) is 6.08. The van der Waals surface area contributed by atoms with Crippen molar-refractivity contribution in [3.8, 4) is 11.5 Å². The van der Waals surface area contributed by atoms with Crippen molar-refractivity contribution in [2.24, 2.45) is 0 Å². The molecule has 2 aliphatic heterocycles. The molecule has 2 aliphatic rings. The standard InChI is InChI=1S/C28H25F5N4O5/c1-40-17-10-20(30)23(21(31)11-17)18-12-37(25-19(29)6-7-22(35-25)34-15-8-9-41-13-15)27(39)24(18)36-26(38)14-2-4-16(5-3-14)42-28(32)33/h2-7,10-11,15,18,24,28H,8-9,12-13H2,1H3,(H,34,35)(H,36,38)/t15?,18-,24-/m0/s1. The number of rotatable bonds is 9. The number of nitrogens with zero attached hydrogens (tertiary/aromatic N) is 2. The van der Waals surface area contributed by atoms with Gasteiger partial charge in [-0.2, -0.15) is 8.78 Å². The number of ether oxygens (including phenoxy) is 3. The van der Waals surface area contributed by atoms with Gasteiger partial charge in [-0.1, -0.05) is 0 Å². The number of methoxy groups -OCH3 is 1. The Morgan fingerprint density at radius 1 is 1.05 bits per heavy atom. The van der Waals surface area contributed by atoms with Crippen LogP contribution in [-0.2, 0) is 9.53 Å². The molecule has 0 radical (unpaired) electrons. The second kappa shape index (κ2) is 12.2. The van der Waals surface area contributed by atoms with Gasteiger partial charge in [0.2, 0.25) is 0 Å². The fourth-order valence-electron chi connectivity index (χ4n) is 4.95. The molecule has 14 heteroatoms. The van der Waals surface area contributed by atoms with Crippen molar-refractivity contribution in [1.82, 2.24) is 10.3 Å². The molecule has 0 bridgehead atoms. The number of nitrogens with one attached hydrogen (secondary N) is 2. The molecule has 2 amide bonds. The van der Waals surface area contributed by atoms with Crippen LogP contribution in [0.15, 0.2) is 48.5 Å². The molecular formula is C28H25F5N4O5. The van der Waals surface area contributed by atoms with E-state index in [2.05, 4.69) is 20.4 Å². The van der Waals surface area contributed by atoms with Crippen molar-refractivity contribution >= 4 is 23.5 Å². The smallest absolute Gasteiger partial charge is 0.387 e. The molecule has 2 fully saturated rings. The quantitative estimate of drug-likeness (QED) is 0.359. The van der Waals surface area contributed by atoms with Gasteiger partial charge in [-0.15, -0.1) is 0 Å². The van der Waals surface area contributed by atoms with Gasteiger partial charge in [0.25, 0.3) is 11.8 Å². The lowest BCUT2D eigenvalue weighted by molar-refractivity contribution is -0.118. The number of alkyl halides is 2. The Bertz CT molecular complexity index is 1450. The molecule has 3 heterocycles. The van der Waals surface area contributed by atoms with Crippen LogP contribution in [0.5, 0.6) is 11.5 Å². The molecule has 2 aromatic carbocycles. The summed E-state index contributed by atoms with van der Waals surface area (Å²) in [7, 11) is 1.22. The van der Waals surface area contributed by atoms with Gasteiger partial charge in [0.05, 0.1) is 19.8 Å². The summed E-state index contributed by atoms with van der Waals surface area (Å²) < 4.78 is 85.0. The van der Waals surface area contributed by atoms with Crippen LogP contribution in [0.3, 0.4) is 0 Å². The van der Waals surface area contributed by atoms with Crippen molar-refractivity contribution in [3.63, 3.8) is 0 Å². The van der Waals surface area contributed by atoms with Gasteiger partial charge < -0.3 is 24.8 Å². The SMILES string of the molecule is COc1cc(F)c([C@@H]2CN(c3nc(NC4CCOC4)ccc3F)C(=O)[C@H]2NC(=O)c2ccc(OC(F)F)cc2)c(F)c1. The van der Waals surface area contributed by atoms with E-state index < -0.39 is 65.8 Å². The summed E-state index contributed by atoms with van der Waals surface area (Å²) in [5, 5.41) is 5.56. The zero-order chi connectivity index (χ0) is 30.0. The third-order valence-corrected chi connectivity index (χ3v) is 6.97. The lowest BCUT2D eigenvalue weighted by Gasteiger charge is -2.20. The first kappa shape index (κ1) is 29.0. The maximum atomic E-state index is 15.2. The number of amides is 2. The van der Waals surface area contributed by atoms with E-state index in [1.165, 1.54) is 25.3 Å². The molecule has 42 heavy (non-hydrogen) atoms. The van der Waals surface area contributed by atoms with Crippen LogP contribution in [0, 0.1) is 17.5 Å². The Kier molecular flexibility index (Phi) is 8.43. The van der Waals surface area contributed by atoms with Gasteiger partial charge in [-0.05, 0) is 42.8 Å². The van der Waals surface area contributed by atoms with Crippen LogP contribution in [0.4, 0.5) is 33.6 Å². The van der Waals surface area contributed by atoms with E-state index in [-0.39, 0.29) is 28.9 Å². The summed E-state index contributed by atoms with van der Waals surface area (Å²) in [5.41, 5.74) is -0.568. The minimum Gasteiger partial charge on any atom is -0.497 e. The summed E-state index contributed by atoms with van der Waals surface area (Å²) in [6, 6.07) is 7.32. The van der Waals surface area contributed by atoms with Gasteiger partial charge in [0, 0.05) is 42.3 Å². The fourth-order valence-corrected chi connectivity index (χ4v) is 4.95. The fraction of sp³-hybridized carbons (Fsp3) is 0.321. The number of benzene rings is 2. The van der Waals surface area contributed by atoms with E-state index >= 15 is 13.2 Å². The number of aromatic nitrogens is 1. The van der Waals surface area contributed by atoms with Crippen LogP contribution in [0.2, 0.25) is 0 Å². The number of hydrogen-bond donors (Lipinski definition) is 2. The lowest BCUT2D eigenvalue weighted by atomic mass is 9.92. The van der Waals surface area contributed by atoms with Crippen molar-refractivity contribution in [1.29, 1.82) is 0 Å². The summed E-state index contributed by atoms with van der Waals surface area (Å²) in [6.07, 6.45) is 0.693. The van der Waals surface area contributed by atoms with E-state index in [4.69, 9.17) is 9.47 Å². The lowest BCUT2D eigenvalue weighted by Crippen LogP contribution is -2.44. The van der Waals surface area contributed by atoms with Gasteiger partial charge in [0.15, 0.2) is 11.6 Å². The summed E-state index contributed by atoms with van der Waals surface area (Å²) in [4.78, 5) is 31.9. The minimum absolute atomic E-state index is 0.0495. The number of anilines is 2. The van der Waals surface area contributed by atoms with Crippen LogP contribution >= 0.6 is 0 Å². The number of carbonyl (C=O) groups is 2. The van der Waals surface area contributed by atoms with Crippen molar-refractivity contribution in [2.45, 2.75) is 31.0 Å². The van der Waals surface area contributed by atoms with E-state index in [1.807, 2.05) is 0 Å². The first-order chi connectivity index (χ1) is 20.1. The summed E-state index contributed by atoms with van der Waals surface area (Å²) in [6.45, 7) is -2.54. The van der Waals surface area contributed by atoms with Crippen LogP contribution < -0.4 is 25.0 Å². The molecule has 1 aromatic heterocycles. The van der Waals surface area contributed by atoms with Gasteiger partial charge >= 0.3 is 6.61 Å². The molecule has 0 spiro atoms. The zero-order valence-electron chi connectivity index (χ0n) is 22.1. The Hall–Kier alpha value is -4.46. The maximum Gasteiger partial charge on any atom is 0.387 e. The van der Waals surface area contributed by atoms with E-state index in [0.29, 0.717) is 19.6 Å². The minimum atomic E-state index is -3.07. The highest BCUT2D eigenvalue weighted by Gasteiger charge is 2.46. The van der Waals surface area contributed by atoms with Crippen molar-refractivity contribution in [3.05, 3.63) is 77.1 Å². The molecule has 0 saturated carbocycles. The molecule has 222 valence electrons. The average Bonchev–Trinajstić information content (AvgIpc) is 3.57. The zero-order valence-corrected chi connectivity index (χ0v) is 22.1. The van der Waals surface area contributed by atoms with E-state index in [0.717, 1.165) is 35.2 Å². The van der Waals surface area contributed by atoms with Crippen molar-refractivity contribution in [2.75, 3.05) is 37.1 Å². The molecular weight excluding hydrogens is 567 g/mol. The number of hydrogen-bond acceptors (Lipinski definition) is 7. The van der Waals surface area contributed by atoms with Crippen LogP contribution in [0.1, 0.15) is 28.3 Å². The molecule has 3 aromatic rings. The van der Waals surface area contributed by atoms with Gasteiger partial charge in [-0.3, -0.25) is 14.5 Å². The highest BCUT2D eigenvalue weighted by atomic mass is 19.3. The molecule has 1 unspecified atom stereocenters. The summed E-state index contributed by atoms with van der Waals surface area (Å²) in [5.74, 6) is -6.42. The first-order valence-electron chi connectivity index (χ1n) is 12.9. The topological polar surface area (TPSA) is 102 Å². The normalized spacial score (nSPS) is 20.2. The highest BCUT2D eigenvalue weighted by molar-refractivity contribution is 6.04. The molecule has 0 aliphatic carbocycles. The Balaban J connectivity index is 1.47.